The van der Waals surface area contributed by atoms with E-state index in [0.717, 1.165) is 35.0 Å². The molecular weight excluding hydrogens is 282 g/mol. The highest BCUT2D eigenvalue weighted by molar-refractivity contribution is 7.09. The molecule has 1 aliphatic heterocycles. The molecule has 1 aromatic carbocycles. The molecule has 4 nitrogen and oxygen atoms in total. The van der Waals surface area contributed by atoms with Gasteiger partial charge in [-0.25, -0.2) is 4.98 Å². The molecule has 1 saturated heterocycles. The van der Waals surface area contributed by atoms with Gasteiger partial charge in [-0.3, -0.25) is 4.79 Å². The summed E-state index contributed by atoms with van der Waals surface area (Å²) in [6.45, 7) is 5.79. The third-order valence-corrected chi connectivity index (χ3v) is 4.69. The lowest BCUT2D eigenvalue weighted by Gasteiger charge is -2.14. The van der Waals surface area contributed by atoms with E-state index in [1.807, 2.05) is 31.2 Å². The second-order valence-electron chi connectivity index (χ2n) is 5.56. The third kappa shape index (κ3) is 3.14. The minimum atomic E-state index is 0.0610. The first-order chi connectivity index (χ1) is 10.1. The maximum atomic E-state index is 12.2. The summed E-state index contributed by atoms with van der Waals surface area (Å²) >= 11 is 1.64. The summed E-state index contributed by atoms with van der Waals surface area (Å²) in [5.74, 6) is 0.554. The van der Waals surface area contributed by atoms with Crippen LogP contribution in [0.1, 0.15) is 11.9 Å². The van der Waals surface area contributed by atoms with E-state index in [2.05, 4.69) is 27.9 Å². The number of aromatic nitrogens is 1. The molecule has 2 N–H and O–H groups in total. The normalized spacial score (nSPS) is 21.4. The summed E-state index contributed by atoms with van der Waals surface area (Å²) in [4.78, 5) is 16.7. The Morgan fingerprint density at radius 2 is 2.10 bits per heavy atom. The van der Waals surface area contributed by atoms with Crippen LogP contribution < -0.4 is 10.6 Å². The number of hydrogen-bond donors (Lipinski definition) is 2. The SMILES string of the molecule is Cc1nc(-c2ccc(NC(=O)C3CNCC3C)cc2)cs1. The predicted molar refractivity (Wildman–Crippen MR) is 86.4 cm³/mol. The molecule has 2 atom stereocenters. The van der Waals surface area contributed by atoms with Gasteiger partial charge < -0.3 is 10.6 Å². The van der Waals surface area contributed by atoms with Gasteiger partial charge in [0.2, 0.25) is 5.91 Å². The maximum Gasteiger partial charge on any atom is 0.229 e. The number of nitrogens with one attached hydrogen (secondary N) is 2. The van der Waals surface area contributed by atoms with Crippen molar-refractivity contribution in [2.24, 2.45) is 11.8 Å². The van der Waals surface area contributed by atoms with Crippen LogP contribution in [0.15, 0.2) is 29.6 Å². The highest BCUT2D eigenvalue weighted by Gasteiger charge is 2.29. The number of carbonyl (C=O) groups is 1. The van der Waals surface area contributed by atoms with Crippen LogP contribution in [0.5, 0.6) is 0 Å². The fraction of sp³-hybridized carbons (Fsp3) is 0.375. The summed E-state index contributed by atoms with van der Waals surface area (Å²) in [5, 5.41) is 9.37. The van der Waals surface area contributed by atoms with Gasteiger partial charge in [0, 0.05) is 23.2 Å². The first-order valence-corrected chi connectivity index (χ1v) is 8.05. The van der Waals surface area contributed by atoms with Crippen molar-refractivity contribution in [1.29, 1.82) is 0 Å². The van der Waals surface area contributed by atoms with Crippen LogP contribution >= 0.6 is 11.3 Å². The van der Waals surface area contributed by atoms with Gasteiger partial charge in [-0.15, -0.1) is 11.3 Å². The van der Waals surface area contributed by atoms with Crippen molar-refractivity contribution in [2.45, 2.75) is 13.8 Å². The largest absolute Gasteiger partial charge is 0.326 e. The first-order valence-electron chi connectivity index (χ1n) is 7.17. The summed E-state index contributed by atoms with van der Waals surface area (Å²) in [5.41, 5.74) is 2.91. The molecule has 110 valence electrons. The Kier molecular flexibility index (Phi) is 4.03. The second-order valence-corrected chi connectivity index (χ2v) is 6.62. The Bertz CT molecular complexity index is 635. The van der Waals surface area contributed by atoms with Crippen molar-refractivity contribution >= 4 is 22.9 Å². The molecule has 21 heavy (non-hydrogen) atoms. The lowest BCUT2D eigenvalue weighted by molar-refractivity contribution is -0.120. The molecule has 0 aliphatic carbocycles. The number of benzene rings is 1. The van der Waals surface area contributed by atoms with Gasteiger partial charge in [0.1, 0.15) is 0 Å². The Labute approximate surface area is 128 Å². The van der Waals surface area contributed by atoms with Crippen LogP contribution in [-0.4, -0.2) is 24.0 Å². The molecule has 1 aromatic heterocycles. The van der Waals surface area contributed by atoms with Gasteiger partial charge in [0.25, 0.3) is 0 Å². The minimum absolute atomic E-state index is 0.0610. The number of nitrogens with zero attached hydrogens (tertiary/aromatic N) is 1. The second kappa shape index (κ2) is 5.95. The quantitative estimate of drug-likeness (QED) is 0.916. The lowest BCUT2D eigenvalue weighted by Crippen LogP contribution is -2.27. The Hall–Kier alpha value is -1.72. The summed E-state index contributed by atoms with van der Waals surface area (Å²) in [7, 11) is 0. The smallest absolute Gasteiger partial charge is 0.229 e. The van der Waals surface area contributed by atoms with E-state index in [0.29, 0.717) is 5.92 Å². The molecule has 2 heterocycles. The number of amides is 1. The molecule has 0 bridgehead atoms. The van der Waals surface area contributed by atoms with Crippen molar-refractivity contribution in [3.63, 3.8) is 0 Å². The Morgan fingerprint density at radius 1 is 1.33 bits per heavy atom. The van der Waals surface area contributed by atoms with Crippen LogP contribution in [0.4, 0.5) is 5.69 Å². The minimum Gasteiger partial charge on any atom is -0.326 e. The average Bonchev–Trinajstić information content (AvgIpc) is 3.08. The van der Waals surface area contributed by atoms with E-state index < -0.39 is 0 Å². The van der Waals surface area contributed by atoms with E-state index in [4.69, 9.17) is 0 Å². The zero-order chi connectivity index (χ0) is 14.8. The predicted octanol–water partition coefficient (Wildman–Crippen LogP) is 2.91. The topological polar surface area (TPSA) is 54.0 Å². The molecule has 1 aliphatic rings. The Balaban J connectivity index is 1.68. The summed E-state index contributed by atoms with van der Waals surface area (Å²) < 4.78 is 0. The molecule has 1 fully saturated rings. The molecule has 2 unspecified atom stereocenters. The van der Waals surface area contributed by atoms with Gasteiger partial charge in [-0.05, 0) is 31.5 Å². The number of hydrogen-bond acceptors (Lipinski definition) is 4. The van der Waals surface area contributed by atoms with Crippen molar-refractivity contribution in [2.75, 3.05) is 18.4 Å². The zero-order valence-corrected chi connectivity index (χ0v) is 13.0. The van der Waals surface area contributed by atoms with Gasteiger partial charge in [0.05, 0.1) is 16.6 Å². The fourth-order valence-corrected chi connectivity index (χ4v) is 3.24. The number of anilines is 1. The Morgan fingerprint density at radius 3 is 2.67 bits per heavy atom. The number of rotatable bonds is 3. The summed E-state index contributed by atoms with van der Waals surface area (Å²) in [6.07, 6.45) is 0. The lowest BCUT2D eigenvalue weighted by atomic mass is 9.97. The van der Waals surface area contributed by atoms with Crippen molar-refractivity contribution in [1.82, 2.24) is 10.3 Å². The van der Waals surface area contributed by atoms with Gasteiger partial charge in [-0.2, -0.15) is 0 Å². The highest BCUT2D eigenvalue weighted by Crippen LogP contribution is 2.24. The zero-order valence-electron chi connectivity index (χ0n) is 12.2. The van der Waals surface area contributed by atoms with Crippen LogP contribution in [0, 0.1) is 18.8 Å². The monoisotopic (exact) mass is 301 g/mol. The van der Waals surface area contributed by atoms with Crippen molar-refractivity contribution < 1.29 is 4.79 Å². The van der Waals surface area contributed by atoms with E-state index >= 15 is 0 Å². The third-order valence-electron chi connectivity index (χ3n) is 3.92. The van der Waals surface area contributed by atoms with Crippen molar-refractivity contribution in [3.05, 3.63) is 34.7 Å². The standard InChI is InChI=1S/C16H19N3OS/c1-10-7-17-8-14(10)16(20)19-13-5-3-12(4-6-13)15-9-21-11(2)18-15/h3-6,9-10,14,17H,7-8H2,1-2H3,(H,19,20). The van der Waals surface area contributed by atoms with E-state index in [1.165, 1.54) is 0 Å². The van der Waals surface area contributed by atoms with E-state index in [9.17, 15) is 4.79 Å². The van der Waals surface area contributed by atoms with Crippen LogP contribution in [0.3, 0.4) is 0 Å². The molecular formula is C16H19N3OS. The molecule has 3 rings (SSSR count). The molecule has 2 aromatic rings. The average molecular weight is 301 g/mol. The molecule has 0 spiro atoms. The van der Waals surface area contributed by atoms with E-state index in [1.54, 1.807) is 11.3 Å². The molecule has 1 amide bonds. The molecule has 0 radical (unpaired) electrons. The molecule has 5 heteroatoms. The fourth-order valence-electron chi connectivity index (χ4n) is 2.62. The molecule has 0 saturated carbocycles. The van der Waals surface area contributed by atoms with Gasteiger partial charge in [-0.1, -0.05) is 19.1 Å². The summed E-state index contributed by atoms with van der Waals surface area (Å²) in [6, 6.07) is 7.88. The van der Waals surface area contributed by atoms with Gasteiger partial charge >= 0.3 is 0 Å². The number of carbonyl (C=O) groups excluding carboxylic acids is 1. The maximum absolute atomic E-state index is 12.2. The number of thiazole rings is 1. The van der Waals surface area contributed by atoms with Crippen LogP contribution in [-0.2, 0) is 4.79 Å². The van der Waals surface area contributed by atoms with E-state index in [-0.39, 0.29) is 11.8 Å². The number of aryl methyl sites for hydroxylation is 1. The first kappa shape index (κ1) is 14.2. The van der Waals surface area contributed by atoms with Crippen molar-refractivity contribution in [3.8, 4) is 11.3 Å². The van der Waals surface area contributed by atoms with Gasteiger partial charge in [0.15, 0.2) is 0 Å². The highest BCUT2D eigenvalue weighted by atomic mass is 32.1. The van der Waals surface area contributed by atoms with Crippen LogP contribution in [0.2, 0.25) is 0 Å². The van der Waals surface area contributed by atoms with Crippen LogP contribution in [0.25, 0.3) is 11.3 Å².